The zero-order chi connectivity index (χ0) is 68.0. The van der Waals surface area contributed by atoms with Crippen LogP contribution in [0.25, 0.3) is 88.6 Å². The average Bonchev–Trinajstić information content (AvgIpc) is 0.812. The average molecular weight is 1330 g/mol. The van der Waals surface area contributed by atoms with E-state index in [1.54, 1.807) is 91.6 Å². The number of nitrogens with one attached hydrogen (secondary N) is 4. The van der Waals surface area contributed by atoms with Crippen molar-refractivity contribution in [1.82, 2.24) is 49.8 Å². The molecule has 0 bridgehead atoms. The lowest BCUT2D eigenvalue weighted by Crippen LogP contribution is -1.99. The van der Waals surface area contributed by atoms with Crippen molar-refractivity contribution in [3.8, 4) is 45.0 Å². The van der Waals surface area contributed by atoms with Gasteiger partial charge in [0.2, 0.25) is 0 Å². The molecule has 0 atom stereocenters. The summed E-state index contributed by atoms with van der Waals surface area (Å²) in [6.07, 6.45) is 11.3. The molecule has 0 amide bonds. The predicted molar refractivity (Wildman–Crippen MR) is 384 cm³/mol. The lowest BCUT2D eigenvalue weighted by molar-refractivity contribution is 0.602. The Hall–Kier alpha value is -13.2. The van der Waals surface area contributed by atoms with Crippen LogP contribution in [0.1, 0.15) is 0 Å². The molecule has 482 valence electrons. The Morgan fingerprint density at radius 3 is 1.12 bits per heavy atom. The first-order valence-corrected chi connectivity index (χ1v) is 31.0. The van der Waals surface area contributed by atoms with Gasteiger partial charge in [-0.25, -0.2) is 61.8 Å². The summed E-state index contributed by atoms with van der Waals surface area (Å²) in [4.78, 5) is 42.4. The molecule has 0 saturated carbocycles. The molecule has 8 heterocycles. The summed E-state index contributed by atoms with van der Waals surface area (Å²) in [7, 11) is 0. The second kappa shape index (κ2) is 30.0. The van der Waals surface area contributed by atoms with E-state index in [2.05, 4.69) is 71.1 Å². The summed E-state index contributed by atoms with van der Waals surface area (Å²) in [5.41, 5.74) is 17.1. The van der Waals surface area contributed by atoms with Crippen LogP contribution in [0.15, 0.2) is 286 Å². The first-order valence-electron chi connectivity index (χ1n) is 30.6. The minimum Gasteiger partial charge on any atom is -0.384 e. The summed E-state index contributed by atoms with van der Waals surface area (Å²) in [5, 5.41) is 17.3. The molecule has 8 aromatic carbocycles. The van der Waals surface area contributed by atoms with Crippen LogP contribution in [0.2, 0.25) is 5.02 Å². The van der Waals surface area contributed by atoms with E-state index in [9.17, 15) is 22.0 Å². The quantitative estimate of drug-likeness (QED) is 0.0722. The van der Waals surface area contributed by atoms with Crippen molar-refractivity contribution in [1.29, 1.82) is 0 Å². The number of hydrogen-bond acceptors (Lipinski definition) is 15. The van der Waals surface area contributed by atoms with E-state index in [0.29, 0.717) is 73.0 Å². The van der Waals surface area contributed by atoms with E-state index in [-0.39, 0.29) is 17.2 Å². The van der Waals surface area contributed by atoms with Gasteiger partial charge in [-0.05, 0) is 140 Å². The van der Waals surface area contributed by atoms with Gasteiger partial charge in [-0.1, -0.05) is 109 Å². The Kier molecular flexibility index (Phi) is 19.6. The van der Waals surface area contributed by atoms with Gasteiger partial charge >= 0.3 is 0 Å². The number of fused-ring (bicyclic) bond motifs is 4. The molecule has 99 heavy (non-hydrogen) atoms. The van der Waals surface area contributed by atoms with E-state index < -0.39 is 17.5 Å². The lowest BCUT2D eigenvalue weighted by Gasteiger charge is -2.12. The molecular weight excluding hydrogens is 1280 g/mol. The van der Waals surface area contributed by atoms with Gasteiger partial charge in [-0.2, -0.15) is 0 Å². The van der Waals surface area contributed by atoms with Gasteiger partial charge in [0.25, 0.3) is 0 Å². The summed E-state index contributed by atoms with van der Waals surface area (Å²) in [6.45, 7) is 0. The highest BCUT2D eigenvalue weighted by Crippen LogP contribution is 2.37. The molecule has 0 aliphatic carbocycles. The molecule has 0 aliphatic rings. The van der Waals surface area contributed by atoms with Crippen LogP contribution in [-0.2, 0) is 0 Å². The summed E-state index contributed by atoms with van der Waals surface area (Å²) >= 11 is 6.03. The maximum atomic E-state index is 14.3. The number of aromatic nitrogens is 10. The van der Waals surface area contributed by atoms with Crippen LogP contribution in [0.4, 0.5) is 73.5 Å². The Morgan fingerprint density at radius 1 is 0.303 bits per heavy atom. The fourth-order valence-electron chi connectivity index (χ4n) is 10.7. The first kappa shape index (κ1) is 64.5. The van der Waals surface area contributed by atoms with Crippen molar-refractivity contribution in [2.45, 2.75) is 0 Å². The number of nitrogens with two attached hydrogens (primary N) is 1. The molecule has 21 heteroatoms. The van der Waals surface area contributed by atoms with Gasteiger partial charge in [0.15, 0.2) is 0 Å². The number of pyridine rings is 6. The molecule has 0 unspecified atom stereocenters. The van der Waals surface area contributed by atoms with Gasteiger partial charge in [0.05, 0.1) is 67.6 Å². The fourth-order valence-corrected chi connectivity index (χ4v) is 10.8. The molecule has 0 spiro atoms. The van der Waals surface area contributed by atoms with Crippen LogP contribution in [0, 0.1) is 29.1 Å². The topological polar surface area (TPSA) is 203 Å². The number of anilines is 9. The van der Waals surface area contributed by atoms with Crippen LogP contribution in [0.5, 0.6) is 0 Å². The number of halogens is 6. The third kappa shape index (κ3) is 15.6. The fraction of sp³-hybridized carbons (Fsp3) is 0. The Morgan fingerprint density at radius 2 is 0.677 bits per heavy atom. The molecule has 16 aromatic rings. The minimum atomic E-state index is -0.515. The minimum absolute atomic E-state index is 0.128. The zero-order valence-corrected chi connectivity index (χ0v) is 52.7. The number of nitrogens with zero attached hydrogens (tertiary/aromatic N) is 10. The molecule has 0 saturated heterocycles. The van der Waals surface area contributed by atoms with Crippen LogP contribution < -0.4 is 27.0 Å². The summed E-state index contributed by atoms with van der Waals surface area (Å²) in [5.74, 6) is -0.443. The zero-order valence-electron chi connectivity index (χ0n) is 52.0. The van der Waals surface area contributed by atoms with E-state index in [1.165, 1.54) is 36.9 Å². The third-order valence-electron chi connectivity index (χ3n) is 15.3. The normalized spacial score (nSPS) is 10.8. The van der Waals surface area contributed by atoms with E-state index in [4.69, 9.17) is 17.3 Å². The smallest absolute Gasteiger partial charge is 0.135 e. The van der Waals surface area contributed by atoms with Crippen molar-refractivity contribution < 1.29 is 22.0 Å². The van der Waals surface area contributed by atoms with Gasteiger partial charge in [-0.15, -0.1) is 0 Å². The van der Waals surface area contributed by atoms with Gasteiger partial charge < -0.3 is 27.0 Å². The number of hydrogen-bond donors (Lipinski definition) is 5. The third-order valence-corrected chi connectivity index (χ3v) is 15.5. The van der Waals surface area contributed by atoms with Gasteiger partial charge in [0.1, 0.15) is 59.2 Å². The number of para-hydroxylation sites is 4. The van der Waals surface area contributed by atoms with E-state index in [0.717, 1.165) is 84.9 Å². The summed E-state index contributed by atoms with van der Waals surface area (Å²) < 4.78 is 70.4. The molecule has 15 nitrogen and oxygen atoms in total. The van der Waals surface area contributed by atoms with Crippen molar-refractivity contribution in [2.75, 3.05) is 27.0 Å². The van der Waals surface area contributed by atoms with Crippen LogP contribution in [0.3, 0.4) is 0 Å². The monoisotopic (exact) mass is 1330 g/mol. The van der Waals surface area contributed by atoms with E-state index >= 15 is 0 Å². The van der Waals surface area contributed by atoms with Gasteiger partial charge in [0, 0.05) is 97.2 Å². The van der Waals surface area contributed by atoms with Crippen molar-refractivity contribution in [3.63, 3.8) is 0 Å². The maximum Gasteiger partial charge on any atom is 0.135 e. The molecule has 0 fully saturated rings. The molecule has 0 radical (unpaired) electrons. The van der Waals surface area contributed by atoms with Crippen LogP contribution in [-0.4, -0.2) is 49.8 Å². The Bertz CT molecular complexity index is 5370. The first-order chi connectivity index (χ1) is 48.4. The Balaban J connectivity index is 0.000000119. The van der Waals surface area contributed by atoms with Crippen LogP contribution >= 0.6 is 11.6 Å². The molecule has 16 rings (SSSR count). The number of nitrogen functional groups attached to an aromatic ring is 1. The van der Waals surface area contributed by atoms with Gasteiger partial charge in [-0.3, -0.25) is 9.97 Å². The largest absolute Gasteiger partial charge is 0.384 e. The highest BCUT2D eigenvalue weighted by atomic mass is 35.5. The molecular formula is C78H53ClF5N15. The molecule has 8 aromatic heterocycles. The van der Waals surface area contributed by atoms with E-state index in [1.807, 2.05) is 140 Å². The maximum absolute atomic E-state index is 14.3. The van der Waals surface area contributed by atoms with Crippen molar-refractivity contribution in [2.24, 2.45) is 0 Å². The SMILES string of the molecule is Fc1ccc(F)c(-c2cc(Nc3ccncc3)c3ccccc3n2)c1.Fc1ccccc1-c1cc(Nc2ccncc2)c2ccccc2n1.Fc1ccccc1-c1cc(Nc2ccncn2)c2ccccc2n1.Nc1cc(Nc2cc(-c3cc(Cl)ccc3F)nc3ccccc23)ncn1. The second-order valence-electron chi connectivity index (χ2n) is 21.9. The summed E-state index contributed by atoms with van der Waals surface area (Å²) in [6, 6.07) is 69.7. The lowest BCUT2D eigenvalue weighted by atomic mass is 10.1. The highest BCUT2D eigenvalue weighted by molar-refractivity contribution is 6.30. The predicted octanol–water partition coefficient (Wildman–Crippen LogP) is 19.9. The molecule has 0 aliphatic heterocycles. The standard InChI is InChI=1S/C20H13F2N3.C20H14FN3.C19H13ClFN5.C19H13FN4/c21-13-5-6-17(22)16(11-13)20-12-19(24-14-7-9-23-10-8-14)15-3-1-2-4-18(15)25-20;21-17-7-3-1-5-15(17)19-13-20(23-14-9-11-22-12-10-14)16-6-2-4-8-18(16)24-19;20-11-5-6-14(21)13(7-11)17-8-16(12-3-1-2-4-15(12)25-17)26-19-9-18(22)23-10-24-19;20-15-7-3-1-5-13(15)17-11-18(24-19-9-10-21-12-22-19)14-6-2-4-8-16(14)23-17/h1-12H,(H,23,24,25);1-13H,(H,22,23,24);1-10H,(H3,22,23,24,25,26);1-12H,(H,21,22,23,24). The Labute approximate surface area is 568 Å². The number of rotatable bonds is 12. The second-order valence-corrected chi connectivity index (χ2v) is 22.3. The highest BCUT2D eigenvalue weighted by Gasteiger charge is 2.17. The molecule has 6 N–H and O–H groups in total. The van der Waals surface area contributed by atoms with Crippen molar-refractivity contribution >= 4 is 107 Å². The number of benzene rings is 8. The van der Waals surface area contributed by atoms with Crippen molar-refractivity contribution in [3.05, 3.63) is 320 Å².